The Bertz CT molecular complexity index is 2560. The van der Waals surface area contributed by atoms with Crippen molar-refractivity contribution in [1.82, 2.24) is 28.4 Å². The molecule has 0 N–H and O–H groups in total. The van der Waals surface area contributed by atoms with Crippen LogP contribution in [0.25, 0.3) is 33.5 Å². The molecular formula is C44H46F2N6O5. The third-order valence-electron chi connectivity index (χ3n) is 10.6. The van der Waals surface area contributed by atoms with E-state index in [2.05, 4.69) is 22.1 Å². The van der Waals surface area contributed by atoms with Crippen LogP contribution >= 0.6 is 0 Å². The van der Waals surface area contributed by atoms with E-state index in [1.54, 1.807) is 18.0 Å². The van der Waals surface area contributed by atoms with Gasteiger partial charge in [0.2, 0.25) is 0 Å². The number of aryl methyl sites for hydroxylation is 1. The number of pyridine rings is 2. The second-order valence-corrected chi connectivity index (χ2v) is 16.0. The Morgan fingerprint density at radius 3 is 2.39 bits per heavy atom. The topological polar surface area (TPSA) is 121 Å². The number of benzene rings is 2. The van der Waals surface area contributed by atoms with Crippen molar-refractivity contribution < 1.29 is 23.1 Å². The predicted octanol–water partition coefficient (Wildman–Crippen LogP) is 8.33. The Morgan fingerprint density at radius 1 is 0.895 bits per heavy atom. The molecule has 57 heavy (non-hydrogen) atoms. The van der Waals surface area contributed by atoms with Crippen molar-refractivity contribution in [2.24, 2.45) is 5.92 Å². The number of Topliss-reactive ketones (excluding diaryl/α,β-unsaturated/α-hetero) is 1. The standard InChI is InChI=1S/C44H46F2N6O5/c1-44(2,3)57-43(56)49(4)21-6-5-8-28-11-15-30(16-12-28)31-9-7-10-35(23-31)51-40-36(24-33(46)25-47-40)41(54)52(42(51)55)34-18-13-29(14-19-34)22-38(53)37-27-50-26-32(45)17-20-39(50)48-37/h7,9-12,15-17,20,23-27,29,34H,5-6,8,13-14,18-19,21-22H2,1-4H3. The van der Waals surface area contributed by atoms with E-state index in [1.807, 2.05) is 51.1 Å². The van der Waals surface area contributed by atoms with Crippen LogP contribution in [0.15, 0.2) is 94.9 Å². The van der Waals surface area contributed by atoms with E-state index >= 15 is 0 Å². The summed E-state index contributed by atoms with van der Waals surface area (Å²) in [6.07, 6.45) is 8.43. The fourth-order valence-electron chi connectivity index (χ4n) is 7.61. The van der Waals surface area contributed by atoms with Crippen LogP contribution in [0, 0.1) is 17.6 Å². The van der Waals surface area contributed by atoms with Crippen molar-refractivity contribution in [3.63, 3.8) is 0 Å². The molecule has 0 radical (unpaired) electrons. The van der Waals surface area contributed by atoms with E-state index in [4.69, 9.17) is 4.74 Å². The molecule has 296 valence electrons. The molecule has 1 aliphatic carbocycles. The van der Waals surface area contributed by atoms with E-state index in [0.717, 1.165) is 48.2 Å². The Morgan fingerprint density at radius 2 is 1.65 bits per heavy atom. The molecule has 4 aromatic heterocycles. The van der Waals surface area contributed by atoms with Gasteiger partial charge in [-0.05, 0) is 119 Å². The van der Waals surface area contributed by atoms with Gasteiger partial charge in [-0.3, -0.25) is 14.2 Å². The number of amides is 1. The van der Waals surface area contributed by atoms with E-state index in [0.29, 0.717) is 43.6 Å². The Balaban J connectivity index is 1.06. The number of hydrogen-bond acceptors (Lipinski definition) is 7. The largest absolute Gasteiger partial charge is 0.444 e. The number of imidazole rings is 1. The van der Waals surface area contributed by atoms with Gasteiger partial charge in [-0.1, -0.05) is 36.4 Å². The number of ether oxygens (including phenoxy) is 1. The third-order valence-corrected chi connectivity index (χ3v) is 10.6. The highest BCUT2D eigenvalue weighted by molar-refractivity contribution is 5.95. The molecule has 1 aliphatic rings. The van der Waals surface area contributed by atoms with Gasteiger partial charge >= 0.3 is 11.8 Å². The first-order valence-electron chi connectivity index (χ1n) is 19.4. The van der Waals surface area contributed by atoms with Crippen molar-refractivity contribution >= 4 is 28.6 Å². The number of unbranched alkanes of at least 4 members (excludes halogenated alkanes) is 1. The minimum atomic E-state index is -0.683. The van der Waals surface area contributed by atoms with Gasteiger partial charge in [0.15, 0.2) is 11.4 Å². The van der Waals surface area contributed by atoms with Crippen molar-refractivity contribution in [3.05, 3.63) is 129 Å². The fraction of sp³-hybridized carbons (Fsp3) is 0.364. The van der Waals surface area contributed by atoms with Crippen molar-refractivity contribution in [2.75, 3.05) is 13.6 Å². The first-order chi connectivity index (χ1) is 27.2. The third kappa shape index (κ3) is 8.87. The summed E-state index contributed by atoms with van der Waals surface area (Å²) in [6.45, 7) is 6.14. The van der Waals surface area contributed by atoms with Crippen LogP contribution in [0.4, 0.5) is 13.6 Å². The molecule has 0 aliphatic heterocycles. The summed E-state index contributed by atoms with van der Waals surface area (Å²) in [7, 11) is 1.74. The molecule has 1 saturated carbocycles. The van der Waals surface area contributed by atoms with Gasteiger partial charge in [0.1, 0.15) is 28.6 Å². The predicted molar refractivity (Wildman–Crippen MR) is 214 cm³/mol. The highest BCUT2D eigenvalue weighted by atomic mass is 19.1. The number of ketones is 1. The van der Waals surface area contributed by atoms with Crippen LogP contribution in [0.5, 0.6) is 0 Å². The van der Waals surface area contributed by atoms with Gasteiger partial charge in [0, 0.05) is 38.4 Å². The van der Waals surface area contributed by atoms with Crippen LogP contribution in [-0.2, 0) is 11.2 Å². The fourth-order valence-corrected chi connectivity index (χ4v) is 7.61. The smallest absolute Gasteiger partial charge is 0.410 e. The summed E-state index contributed by atoms with van der Waals surface area (Å²) in [4.78, 5) is 63.8. The molecule has 1 fully saturated rings. The molecule has 2 aromatic carbocycles. The Kier molecular flexibility index (Phi) is 11.2. The average Bonchev–Trinajstić information content (AvgIpc) is 3.61. The Labute approximate surface area is 328 Å². The minimum Gasteiger partial charge on any atom is -0.444 e. The lowest BCUT2D eigenvalue weighted by molar-refractivity contribution is 0.0296. The second kappa shape index (κ2) is 16.2. The van der Waals surface area contributed by atoms with Gasteiger partial charge in [0.25, 0.3) is 5.56 Å². The summed E-state index contributed by atoms with van der Waals surface area (Å²) in [6, 6.07) is 19.0. The summed E-state index contributed by atoms with van der Waals surface area (Å²) in [5, 5.41) is 0.00207. The maximum atomic E-state index is 14.6. The van der Waals surface area contributed by atoms with Gasteiger partial charge in [-0.2, -0.15) is 0 Å². The quantitative estimate of drug-likeness (QED) is 0.0959. The molecule has 6 aromatic rings. The molecule has 11 nitrogen and oxygen atoms in total. The number of nitrogens with zero attached hydrogens (tertiary/aromatic N) is 6. The molecule has 7 rings (SSSR count). The number of rotatable bonds is 11. The molecule has 13 heteroatoms. The van der Waals surface area contributed by atoms with Gasteiger partial charge in [-0.15, -0.1) is 0 Å². The number of halogens is 2. The molecule has 0 bridgehead atoms. The molecule has 0 saturated heterocycles. The SMILES string of the molecule is CN(CCCCc1ccc(-c2cccc(-n3c(=O)n(C4CCC(CC(=O)c5cn6cc(F)ccc6n5)CC4)c(=O)c4cc(F)cnc43)c2)cc1)C(=O)OC(C)(C)C. The highest BCUT2D eigenvalue weighted by Crippen LogP contribution is 2.34. The van der Waals surface area contributed by atoms with E-state index in [9.17, 15) is 28.0 Å². The number of carbonyl (C=O) groups is 2. The summed E-state index contributed by atoms with van der Waals surface area (Å²) < 4.78 is 37.8. The van der Waals surface area contributed by atoms with E-state index < -0.39 is 34.5 Å². The van der Waals surface area contributed by atoms with Gasteiger partial charge in [-0.25, -0.2) is 32.9 Å². The number of fused-ring (bicyclic) bond motifs is 2. The summed E-state index contributed by atoms with van der Waals surface area (Å²) >= 11 is 0. The zero-order valence-corrected chi connectivity index (χ0v) is 32.6. The van der Waals surface area contributed by atoms with Crippen LogP contribution in [0.1, 0.15) is 87.8 Å². The summed E-state index contributed by atoms with van der Waals surface area (Å²) in [5.74, 6) is -1.24. The lowest BCUT2D eigenvalue weighted by Crippen LogP contribution is -2.43. The van der Waals surface area contributed by atoms with Crippen LogP contribution in [0.2, 0.25) is 0 Å². The second-order valence-electron chi connectivity index (χ2n) is 16.0. The van der Waals surface area contributed by atoms with Crippen LogP contribution in [0.3, 0.4) is 0 Å². The normalized spacial score (nSPS) is 15.9. The molecule has 0 unspecified atom stereocenters. The van der Waals surface area contributed by atoms with Crippen molar-refractivity contribution in [2.45, 2.75) is 83.8 Å². The number of carbonyl (C=O) groups excluding carboxylic acids is 2. The van der Waals surface area contributed by atoms with Crippen LogP contribution in [-0.4, -0.2) is 59.5 Å². The van der Waals surface area contributed by atoms with Gasteiger partial charge < -0.3 is 14.0 Å². The first kappa shape index (κ1) is 39.3. The minimum absolute atomic E-state index is 0.00207. The zero-order chi connectivity index (χ0) is 40.4. The molecule has 1 amide bonds. The molecule has 0 atom stereocenters. The van der Waals surface area contributed by atoms with Crippen molar-refractivity contribution in [1.29, 1.82) is 0 Å². The Hall–Kier alpha value is -5.98. The number of aromatic nitrogens is 5. The van der Waals surface area contributed by atoms with Gasteiger partial charge in [0.05, 0.1) is 17.3 Å². The lowest BCUT2D eigenvalue weighted by atomic mass is 9.82. The maximum absolute atomic E-state index is 14.6. The molecular weight excluding hydrogens is 731 g/mol. The average molecular weight is 777 g/mol. The monoisotopic (exact) mass is 776 g/mol. The maximum Gasteiger partial charge on any atom is 0.410 e. The first-order valence-corrected chi connectivity index (χ1v) is 19.4. The van der Waals surface area contributed by atoms with Crippen molar-refractivity contribution in [3.8, 4) is 16.8 Å². The van der Waals surface area contributed by atoms with E-state index in [1.165, 1.54) is 38.1 Å². The van der Waals surface area contributed by atoms with Crippen LogP contribution < -0.4 is 11.2 Å². The lowest BCUT2D eigenvalue weighted by Gasteiger charge is -2.29. The van der Waals surface area contributed by atoms with E-state index in [-0.39, 0.29) is 40.9 Å². The zero-order valence-electron chi connectivity index (χ0n) is 32.6. The number of hydrogen-bond donors (Lipinski definition) is 0. The molecule has 4 heterocycles. The highest BCUT2D eigenvalue weighted by Gasteiger charge is 2.29. The molecule has 0 spiro atoms. The summed E-state index contributed by atoms with van der Waals surface area (Å²) in [5.41, 5.74) is 2.53.